The SMILES string of the molecule is COc1cccc(C2/C(=C(\O)c3cc(C(C)(C)C)ccc3C)C(=O)C(=O)N2c2ccc3c(c2)OCCO3)c1. The van der Waals surface area contributed by atoms with Gasteiger partial charge in [-0.2, -0.15) is 0 Å². The van der Waals surface area contributed by atoms with Crippen molar-refractivity contribution in [3.05, 3.63) is 88.5 Å². The van der Waals surface area contributed by atoms with Gasteiger partial charge in [0.2, 0.25) is 0 Å². The number of carbonyl (C=O) groups excluding carboxylic acids is 2. The molecule has 2 aliphatic heterocycles. The van der Waals surface area contributed by atoms with E-state index in [1.165, 1.54) is 4.90 Å². The molecule has 2 heterocycles. The number of amides is 1. The fourth-order valence-corrected chi connectivity index (χ4v) is 4.90. The minimum absolute atomic E-state index is 0.0206. The second-order valence-corrected chi connectivity index (χ2v) is 10.6. The third-order valence-electron chi connectivity index (χ3n) is 7.02. The Kier molecular flexibility index (Phi) is 6.39. The van der Waals surface area contributed by atoms with Crippen molar-refractivity contribution in [3.8, 4) is 17.2 Å². The first-order valence-corrected chi connectivity index (χ1v) is 12.6. The maximum atomic E-state index is 13.6. The molecular formula is C31H31NO6. The number of aliphatic hydroxyl groups excluding tert-OH is 1. The fraction of sp³-hybridized carbons (Fsp3) is 0.290. The Morgan fingerprint density at radius 1 is 0.974 bits per heavy atom. The fourth-order valence-electron chi connectivity index (χ4n) is 4.90. The molecule has 7 heteroatoms. The van der Waals surface area contributed by atoms with Crippen LogP contribution in [0.15, 0.2) is 66.2 Å². The van der Waals surface area contributed by atoms with Gasteiger partial charge in [0, 0.05) is 17.3 Å². The van der Waals surface area contributed by atoms with Gasteiger partial charge in [-0.15, -0.1) is 0 Å². The molecule has 1 atom stereocenters. The molecule has 3 aromatic rings. The molecule has 38 heavy (non-hydrogen) atoms. The molecule has 2 aliphatic rings. The number of aliphatic hydroxyl groups is 1. The van der Waals surface area contributed by atoms with Gasteiger partial charge in [0.1, 0.15) is 24.7 Å². The van der Waals surface area contributed by atoms with Crippen LogP contribution < -0.4 is 19.1 Å². The summed E-state index contributed by atoms with van der Waals surface area (Å²) in [6.45, 7) is 8.94. The van der Waals surface area contributed by atoms with Crippen LogP contribution >= 0.6 is 0 Å². The zero-order chi connectivity index (χ0) is 27.2. The lowest BCUT2D eigenvalue weighted by molar-refractivity contribution is -0.132. The summed E-state index contributed by atoms with van der Waals surface area (Å²) in [7, 11) is 1.55. The van der Waals surface area contributed by atoms with Crippen LogP contribution in [0.2, 0.25) is 0 Å². The van der Waals surface area contributed by atoms with E-state index in [9.17, 15) is 14.7 Å². The van der Waals surface area contributed by atoms with E-state index in [2.05, 4.69) is 20.8 Å². The maximum Gasteiger partial charge on any atom is 0.300 e. The molecule has 0 bridgehead atoms. The topological polar surface area (TPSA) is 85.3 Å². The van der Waals surface area contributed by atoms with Gasteiger partial charge in [0.15, 0.2) is 11.5 Å². The van der Waals surface area contributed by atoms with E-state index in [4.69, 9.17) is 14.2 Å². The van der Waals surface area contributed by atoms with E-state index in [1.807, 2.05) is 31.2 Å². The Bertz CT molecular complexity index is 1470. The molecule has 1 N–H and O–H groups in total. The molecule has 0 saturated carbocycles. The first-order chi connectivity index (χ1) is 18.1. The third-order valence-corrected chi connectivity index (χ3v) is 7.02. The smallest absolute Gasteiger partial charge is 0.300 e. The zero-order valence-corrected chi connectivity index (χ0v) is 22.2. The lowest BCUT2D eigenvalue weighted by atomic mass is 9.84. The molecule has 1 fully saturated rings. The Hall–Kier alpha value is -4.26. The van der Waals surface area contributed by atoms with Crippen LogP contribution in [-0.4, -0.2) is 37.1 Å². The van der Waals surface area contributed by atoms with Crippen molar-refractivity contribution < 1.29 is 28.9 Å². The van der Waals surface area contributed by atoms with Crippen LogP contribution in [-0.2, 0) is 15.0 Å². The quantitative estimate of drug-likeness (QED) is 0.274. The van der Waals surface area contributed by atoms with E-state index in [0.29, 0.717) is 47.3 Å². The minimum atomic E-state index is -0.884. The van der Waals surface area contributed by atoms with Crippen molar-refractivity contribution in [2.45, 2.75) is 39.2 Å². The average molecular weight is 514 g/mol. The highest BCUT2D eigenvalue weighted by Crippen LogP contribution is 2.45. The molecule has 1 saturated heterocycles. The number of Topliss-reactive ketones (excluding diaryl/α,β-unsaturated/α-hetero) is 1. The first kappa shape index (κ1) is 25.4. The summed E-state index contributed by atoms with van der Waals surface area (Å²) >= 11 is 0. The Balaban J connectivity index is 1.73. The van der Waals surface area contributed by atoms with Gasteiger partial charge in [0.05, 0.1) is 18.7 Å². The number of ether oxygens (including phenoxy) is 3. The Morgan fingerprint density at radius 3 is 2.42 bits per heavy atom. The van der Waals surface area contributed by atoms with E-state index in [0.717, 1.165) is 11.1 Å². The predicted octanol–water partition coefficient (Wildman–Crippen LogP) is 5.70. The molecule has 196 valence electrons. The molecule has 1 amide bonds. The maximum absolute atomic E-state index is 13.6. The number of carbonyl (C=O) groups is 2. The van der Waals surface area contributed by atoms with Gasteiger partial charge < -0.3 is 19.3 Å². The van der Waals surface area contributed by atoms with Gasteiger partial charge in [-0.25, -0.2) is 0 Å². The summed E-state index contributed by atoms with van der Waals surface area (Å²) < 4.78 is 16.8. The highest BCUT2D eigenvalue weighted by atomic mass is 16.6. The number of hydrogen-bond donors (Lipinski definition) is 1. The lowest BCUT2D eigenvalue weighted by Gasteiger charge is -2.27. The van der Waals surface area contributed by atoms with Gasteiger partial charge in [-0.1, -0.05) is 45.0 Å². The second kappa shape index (κ2) is 9.56. The molecule has 0 spiro atoms. The molecule has 5 rings (SSSR count). The number of benzene rings is 3. The third kappa shape index (κ3) is 4.38. The normalized spacial score (nSPS) is 18.6. The molecular weight excluding hydrogens is 482 g/mol. The first-order valence-electron chi connectivity index (χ1n) is 12.6. The monoisotopic (exact) mass is 513 g/mol. The number of rotatable bonds is 4. The molecule has 0 radical (unpaired) electrons. The van der Waals surface area contributed by atoms with E-state index in [-0.39, 0.29) is 16.7 Å². The summed E-state index contributed by atoms with van der Waals surface area (Å²) in [5, 5.41) is 11.7. The van der Waals surface area contributed by atoms with Crippen LogP contribution in [0.1, 0.15) is 49.1 Å². The number of aryl methyl sites for hydroxylation is 1. The Morgan fingerprint density at radius 2 is 1.71 bits per heavy atom. The summed E-state index contributed by atoms with van der Waals surface area (Å²) in [6.07, 6.45) is 0. The molecule has 0 aliphatic carbocycles. The summed E-state index contributed by atoms with van der Waals surface area (Å²) in [4.78, 5) is 28.6. The van der Waals surface area contributed by atoms with Gasteiger partial charge in [-0.3, -0.25) is 14.5 Å². The van der Waals surface area contributed by atoms with Gasteiger partial charge in [-0.05, 0) is 59.4 Å². The van der Waals surface area contributed by atoms with Gasteiger partial charge in [0.25, 0.3) is 11.7 Å². The van der Waals surface area contributed by atoms with Crippen LogP contribution in [0.3, 0.4) is 0 Å². The van der Waals surface area contributed by atoms with E-state index in [1.54, 1.807) is 43.5 Å². The van der Waals surface area contributed by atoms with Crippen molar-refractivity contribution in [2.24, 2.45) is 0 Å². The van der Waals surface area contributed by atoms with Crippen molar-refractivity contribution >= 4 is 23.1 Å². The Labute approximate surface area is 222 Å². The van der Waals surface area contributed by atoms with Gasteiger partial charge >= 0.3 is 0 Å². The van der Waals surface area contributed by atoms with Crippen LogP contribution in [0.4, 0.5) is 5.69 Å². The van der Waals surface area contributed by atoms with Crippen molar-refractivity contribution in [1.29, 1.82) is 0 Å². The largest absolute Gasteiger partial charge is 0.507 e. The van der Waals surface area contributed by atoms with Crippen LogP contribution in [0.5, 0.6) is 17.2 Å². The highest BCUT2D eigenvalue weighted by Gasteiger charge is 2.47. The van der Waals surface area contributed by atoms with Crippen molar-refractivity contribution in [1.82, 2.24) is 0 Å². The molecule has 1 unspecified atom stereocenters. The summed E-state index contributed by atoms with van der Waals surface area (Å²) in [5.74, 6) is -0.0645. The number of methoxy groups -OCH3 is 1. The summed E-state index contributed by atoms with van der Waals surface area (Å²) in [6, 6.07) is 17.3. The van der Waals surface area contributed by atoms with Crippen molar-refractivity contribution in [2.75, 3.05) is 25.2 Å². The highest BCUT2D eigenvalue weighted by molar-refractivity contribution is 6.51. The predicted molar refractivity (Wildman–Crippen MR) is 145 cm³/mol. The standard InChI is InChI=1S/C31H31NO6/c1-18-9-10-20(31(2,3)4)16-23(18)28(33)26-27(19-7-6-8-22(15-19)36-5)32(30(35)29(26)34)21-11-12-24-25(17-21)38-14-13-37-24/h6-12,15-17,27,33H,13-14H2,1-5H3/b28-26+. The number of ketones is 1. The second-order valence-electron chi connectivity index (χ2n) is 10.6. The summed E-state index contributed by atoms with van der Waals surface area (Å²) in [5.41, 5.74) is 3.26. The lowest BCUT2D eigenvalue weighted by Crippen LogP contribution is -2.29. The van der Waals surface area contributed by atoms with Crippen LogP contribution in [0, 0.1) is 6.92 Å². The molecule has 7 nitrogen and oxygen atoms in total. The van der Waals surface area contributed by atoms with E-state index >= 15 is 0 Å². The average Bonchev–Trinajstić information content (AvgIpc) is 3.17. The minimum Gasteiger partial charge on any atom is -0.507 e. The van der Waals surface area contributed by atoms with E-state index < -0.39 is 17.7 Å². The molecule has 3 aromatic carbocycles. The zero-order valence-electron chi connectivity index (χ0n) is 22.2. The number of hydrogen-bond acceptors (Lipinski definition) is 6. The number of anilines is 1. The number of nitrogens with zero attached hydrogens (tertiary/aromatic N) is 1. The number of fused-ring (bicyclic) bond motifs is 1. The molecule has 0 aromatic heterocycles. The van der Waals surface area contributed by atoms with Crippen molar-refractivity contribution in [3.63, 3.8) is 0 Å². The van der Waals surface area contributed by atoms with Crippen LogP contribution in [0.25, 0.3) is 5.76 Å².